The predicted molar refractivity (Wildman–Crippen MR) is 124 cm³/mol. The van der Waals surface area contributed by atoms with Crippen molar-refractivity contribution < 1.29 is 16.8 Å². The van der Waals surface area contributed by atoms with Gasteiger partial charge in [-0.05, 0) is 43.0 Å². The van der Waals surface area contributed by atoms with Crippen LogP contribution in [0.1, 0.15) is 22.3 Å². The Kier molecular flexibility index (Phi) is 6.81. The Labute approximate surface area is 186 Å². The standard InChI is InChI=1S/C22H31N3O4S2/c1-17-15-18(2)22(19(3)21(17)23(4)30(5,26)27)31(28,29)25-13-11-24(12-14-25)16-20-9-7-6-8-10-20/h6-10,15H,11-14,16H2,1-5H3. The maximum atomic E-state index is 13.6. The lowest BCUT2D eigenvalue weighted by molar-refractivity contribution is 0.181. The van der Waals surface area contributed by atoms with Crippen LogP contribution >= 0.6 is 0 Å². The summed E-state index contributed by atoms with van der Waals surface area (Å²) < 4.78 is 54.1. The first-order valence-electron chi connectivity index (χ1n) is 10.2. The molecule has 1 heterocycles. The maximum absolute atomic E-state index is 13.6. The van der Waals surface area contributed by atoms with Crippen LogP contribution in [0.5, 0.6) is 0 Å². The number of hydrogen-bond donors (Lipinski definition) is 0. The van der Waals surface area contributed by atoms with Crippen LogP contribution in [-0.4, -0.2) is 65.5 Å². The molecule has 0 aromatic heterocycles. The van der Waals surface area contributed by atoms with E-state index in [0.29, 0.717) is 43.0 Å². The van der Waals surface area contributed by atoms with Gasteiger partial charge in [0.2, 0.25) is 20.0 Å². The topological polar surface area (TPSA) is 78.0 Å². The average molecular weight is 466 g/mol. The molecule has 1 saturated heterocycles. The molecule has 0 aliphatic carbocycles. The van der Waals surface area contributed by atoms with Crippen LogP contribution in [0.4, 0.5) is 5.69 Å². The molecule has 9 heteroatoms. The third-order valence-electron chi connectivity index (χ3n) is 5.85. The number of aryl methyl sites for hydroxylation is 2. The van der Waals surface area contributed by atoms with Crippen molar-refractivity contribution in [3.63, 3.8) is 0 Å². The van der Waals surface area contributed by atoms with Crippen molar-refractivity contribution in [3.05, 3.63) is 58.7 Å². The molecule has 0 radical (unpaired) electrons. The maximum Gasteiger partial charge on any atom is 0.243 e. The number of anilines is 1. The molecule has 1 aliphatic heterocycles. The Balaban J connectivity index is 1.87. The molecular formula is C22H31N3O4S2. The van der Waals surface area contributed by atoms with Crippen LogP contribution in [0.3, 0.4) is 0 Å². The first-order chi connectivity index (χ1) is 14.4. The molecule has 0 bridgehead atoms. The van der Waals surface area contributed by atoms with Gasteiger partial charge in [0.25, 0.3) is 0 Å². The largest absolute Gasteiger partial charge is 0.296 e. The van der Waals surface area contributed by atoms with Gasteiger partial charge in [-0.1, -0.05) is 36.4 Å². The smallest absolute Gasteiger partial charge is 0.243 e. The van der Waals surface area contributed by atoms with Gasteiger partial charge in [0, 0.05) is 39.8 Å². The lowest BCUT2D eigenvalue weighted by atomic mass is 10.1. The highest BCUT2D eigenvalue weighted by Gasteiger charge is 2.33. The highest BCUT2D eigenvalue weighted by atomic mass is 32.2. The molecule has 2 aromatic carbocycles. The highest BCUT2D eigenvalue weighted by Crippen LogP contribution is 2.35. The van der Waals surface area contributed by atoms with Crippen molar-refractivity contribution in [3.8, 4) is 0 Å². The second-order valence-electron chi connectivity index (χ2n) is 8.21. The lowest BCUT2D eigenvalue weighted by Gasteiger charge is -2.35. The molecule has 0 spiro atoms. The minimum atomic E-state index is -3.75. The van der Waals surface area contributed by atoms with Crippen molar-refractivity contribution >= 4 is 25.7 Å². The van der Waals surface area contributed by atoms with Crippen LogP contribution in [0.15, 0.2) is 41.3 Å². The van der Waals surface area contributed by atoms with Crippen molar-refractivity contribution in [2.75, 3.05) is 43.8 Å². The monoisotopic (exact) mass is 465 g/mol. The molecule has 170 valence electrons. The number of nitrogens with zero attached hydrogens (tertiary/aromatic N) is 3. The van der Waals surface area contributed by atoms with E-state index >= 15 is 0 Å². The van der Waals surface area contributed by atoms with Crippen LogP contribution in [0.25, 0.3) is 0 Å². The summed E-state index contributed by atoms with van der Waals surface area (Å²) in [5.74, 6) is 0. The molecule has 2 aromatic rings. The summed E-state index contributed by atoms with van der Waals surface area (Å²) in [6, 6.07) is 11.9. The quantitative estimate of drug-likeness (QED) is 0.655. The zero-order chi connectivity index (χ0) is 23.0. The van der Waals surface area contributed by atoms with Gasteiger partial charge in [-0.15, -0.1) is 0 Å². The number of piperazine rings is 1. The molecule has 0 N–H and O–H groups in total. The van der Waals surface area contributed by atoms with Gasteiger partial charge in [0.15, 0.2) is 0 Å². The molecule has 0 atom stereocenters. The van der Waals surface area contributed by atoms with Gasteiger partial charge in [-0.3, -0.25) is 9.21 Å². The fraction of sp³-hybridized carbons (Fsp3) is 0.455. The SMILES string of the molecule is Cc1cc(C)c(S(=O)(=O)N2CCN(Cc3ccccc3)CC2)c(C)c1N(C)S(C)(=O)=O. The Hall–Kier alpha value is -1.94. The number of benzene rings is 2. The highest BCUT2D eigenvalue weighted by molar-refractivity contribution is 7.92. The average Bonchev–Trinajstić information content (AvgIpc) is 2.67. The summed E-state index contributed by atoms with van der Waals surface area (Å²) in [5, 5.41) is 0. The van der Waals surface area contributed by atoms with Crippen molar-refractivity contribution in [2.24, 2.45) is 0 Å². The second-order valence-corrected chi connectivity index (χ2v) is 12.1. The Morgan fingerprint density at radius 1 is 0.903 bits per heavy atom. The Morgan fingerprint density at radius 3 is 2.03 bits per heavy atom. The molecule has 1 fully saturated rings. The molecule has 1 aliphatic rings. The Bertz CT molecular complexity index is 1150. The summed E-state index contributed by atoms with van der Waals surface area (Å²) in [5.41, 5.74) is 3.46. The van der Waals surface area contributed by atoms with Gasteiger partial charge in [-0.2, -0.15) is 4.31 Å². The molecule has 0 saturated carbocycles. The van der Waals surface area contributed by atoms with Gasteiger partial charge in [-0.25, -0.2) is 16.8 Å². The van der Waals surface area contributed by atoms with Crippen molar-refractivity contribution in [1.82, 2.24) is 9.21 Å². The number of hydrogen-bond acceptors (Lipinski definition) is 5. The number of sulfonamides is 2. The molecular weight excluding hydrogens is 434 g/mol. The minimum Gasteiger partial charge on any atom is -0.296 e. The van der Waals surface area contributed by atoms with Crippen LogP contribution < -0.4 is 4.31 Å². The van der Waals surface area contributed by atoms with Crippen LogP contribution in [0, 0.1) is 20.8 Å². The van der Waals surface area contributed by atoms with Crippen molar-refractivity contribution in [1.29, 1.82) is 0 Å². The third kappa shape index (κ3) is 4.95. The Morgan fingerprint density at radius 2 is 1.48 bits per heavy atom. The first-order valence-corrected chi connectivity index (χ1v) is 13.5. The molecule has 3 rings (SSSR count). The van der Waals surface area contributed by atoms with E-state index in [0.717, 1.165) is 22.7 Å². The molecule has 0 amide bonds. The third-order valence-corrected chi connectivity index (χ3v) is 9.22. The van der Waals surface area contributed by atoms with Crippen LogP contribution in [0.2, 0.25) is 0 Å². The van der Waals surface area contributed by atoms with Gasteiger partial charge < -0.3 is 0 Å². The van der Waals surface area contributed by atoms with Gasteiger partial charge >= 0.3 is 0 Å². The van der Waals surface area contributed by atoms with Crippen molar-refractivity contribution in [2.45, 2.75) is 32.2 Å². The second kappa shape index (κ2) is 8.90. The van der Waals surface area contributed by atoms with Gasteiger partial charge in [0.05, 0.1) is 16.8 Å². The van der Waals surface area contributed by atoms with E-state index in [-0.39, 0.29) is 4.90 Å². The van der Waals surface area contributed by atoms with E-state index in [9.17, 15) is 16.8 Å². The van der Waals surface area contributed by atoms with E-state index < -0.39 is 20.0 Å². The minimum absolute atomic E-state index is 0.208. The normalized spacial score (nSPS) is 16.4. The zero-order valence-corrected chi connectivity index (χ0v) is 20.4. The van der Waals surface area contributed by atoms with Gasteiger partial charge in [0.1, 0.15) is 0 Å². The zero-order valence-electron chi connectivity index (χ0n) is 18.8. The van der Waals surface area contributed by atoms with E-state index in [2.05, 4.69) is 17.0 Å². The number of rotatable bonds is 6. The first kappa shape index (κ1) is 23.7. The lowest BCUT2D eigenvalue weighted by Crippen LogP contribution is -2.48. The summed E-state index contributed by atoms with van der Waals surface area (Å²) in [6.45, 7) is 8.15. The molecule has 7 nitrogen and oxygen atoms in total. The van der Waals surface area contributed by atoms with E-state index in [1.165, 1.54) is 16.9 Å². The summed E-state index contributed by atoms with van der Waals surface area (Å²) >= 11 is 0. The molecule has 0 unspecified atom stereocenters. The fourth-order valence-electron chi connectivity index (χ4n) is 4.30. The van der Waals surface area contributed by atoms with E-state index in [4.69, 9.17) is 0 Å². The summed E-state index contributed by atoms with van der Waals surface area (Å²) in [7, 11) is -5.82. The van der Waals surface area contributed by atoms with Crippen LogP contribution in [-0.2, 0) is 26.6 Å². The molecule has 31 heavy (non-hydrogen) atoms. The van der Waals surface area contributed by atoms with E-state index in [1.54, 1.807) is 26.8 Å². The summed E-state index contributed by atoms with van der Waals surface area (Å²) in [6.07, 6.45) is 1.12. The fourth-order valence-corrected chi connectivity index (χ4v) is 6.77. The summed E-state index contributed by atoms with van der Waals surface area (Å²) in [4.78, 5) is 2.46. The van der Waals surface area contributed by atoms with E-state index in [1.807, 2.05) is 18.2 Å². The predicted octanol–water partition coefficient (Wildman–Crippen LogP) is 2.51.